The van der Waals surface area contributed by atoms with Gasteiger partial charge in [0, 0.05) is 19.8 Å². The molecule has 0 aromatic heterocycles. The standard InChI is InChI=1S/C17H20F3NSi/c1-21(2)14-6-5-7-16(12-14)22(3,4)15-10-8-13(9-11-15)17(18,19)20/h5-12H,1-4H3. The number of benzene rings is 2. The van der Waals surface area contributed by atoms with E-state index in [-0.39, 0.29) is 0 Å². The zero-order valence-corrected chi connectivity index (χ0v) is 14.2. The van der Waals surface area contributed by atoms with Crippen LogP contribution in [0, 0.1) is 0 Å². The van der Waals surface area contributed by atoms with Crippen molar-refractivity contribution >= 4 is 24.1 Å². The predicted molar refractivity (Wildman–Crippen MR) is 89.0 cm³/mol. The smallest absolute Gasteiger partial charge is 0.378 e. The van der Waals surface area contributed by atoms with Crippen molar-refractivity contribution in [1.82, 2.24) is 0 Å². The van der Waals surface area contributed by atoms with Crippen LogP contribution < -0.4 is 15.3 Å². The molecule has 0 spiro atoms. The summed E-state index contributed by atoms with van der Waals surface area (Å²) in [4.78, 5) is 2.03. The minimum absolute atomic E-state index is 0.594. The van der Waals surface area contributed by atoms with Gasteiger partial charge in [0.25, 0.3) is 0 Å². The molecule has 0 amide bonds. The Bertz CT molecular complexity index is 646. The lowest BCUT2D eigenvalue weighted by molar-refractivity contribution is -0.137. The Morgan fingerprint density at radius 2 is 1.45 bits per heavy atom. The second-order valence-electron chi connectivity index (χ2n) is 6.14. The van der Waals surface area contributed by atoms with Crippen LogP contribution in [0.5, 0.6) is 0 Å². The molecular weight excluding hydrogens is 303 g/mol. The number of alkyl halides is 3. The summed E-state index contributed by atoms with van der Waals surface area (Å²) in [6, 6.07) is 13.8. The number of halogens is 3. The zero-order valence-electron chi connectivity index (χ0n) is 13.2. The maximum atomic E-state index is 12.7. The van der Waals surface area contributed by atoms with Crippen LogP contribution in [0.4, 0.5) is 18.9 Å². The van der Waals surface area contributed by atoms with Gasteiger partial charge in [-0.25, -0.2) is 0 Å². The monoisotopic (exact) mass is 323 g/mol. The minimum Gasteiger partial charge on any atom is -0.378 e. The summed E-state index contributed by atoms with van der Waals surface area (Å²) < 4.78 is 38.1. The van der Waals surface area contributed by atoms with Crippen LogP contribution in [0.3, 0.4) is 0 Å². The molecule has 0 saturated heterocycles. The van der Waals surface area contributed by atoms with E-state index >= 15 is 0 Å². The molecule has 1 nitrogen and oxygen atoms in total. The Balaban J connectivity index is 2.39. The number of anilines is 1. The van der Waals surface area contributed by atoms with Crippen molar-refractivity contribution in [3.8, 4) is 0 Å². The molecule has 0 radical (unpaired) electrons. The van der Waals surface area contributed by atoms with Crippen LogP contribution in [-0.2, 0) is 6.18 Å². The second kappa shape index (κ2) is 5.80. The van der Waals surface area contributed by atoms with E-state index < -0.39 is 19.8 Å². The summed E-state index contributed by atoms with van der Waals surface area (Å²) in [5.41, 5.74) is 0.507. The highest BCUT2D eigenvalue weighted by molar-refractivity contribution is 7.00. The van der Waals surface area contributed by atoms with Gasteiger partial charge in [0.2, 0.25) is 0 Å². The van der Waals surface area contributed by atoms with Crippen molar-refractivity contribution in [3.05, 3.63) is 54.1 Å². The van der Waals surface area contributed by atoms with E-state index in [2.05, 4.69) is 25.2 Å². The van der Waals surface area contributed by atoms with Gasteiger partial charge >= 0.3 is 6.18 Å². The van der Waals surface area contributed by atoms with Crippen molar-refractivity contribution < 1.29 is 13.2 Å². The lowest BCUT2D eigenvalue weighted by Gasteiger charge is -2.25. The number of rotatable bonds is 3. The molecular formula is C17H20F3NSi. The molecule has 0 heterocycles. The molecule has 0 aliphatic carbocycles. The molecule has 0 aliphatic rings. The average Bonchev–Trinajstić information content (AvgIpc) is 2.46. The van der Waals surface area contributed by atoms with Crippen LogP contribution in [0.25, 0.3) is 0 Å². The van der Waals surface area contributed by atoms with Gasteiger partial charge in [-0.1, -0.05) is 59.9 Å². The molecule has 0 saturated carbocycles. The fourth-order valence-corrected chi connectivity index (χ4v) is 4.77. The van der Waals surface area contributed by atoms with Gasteiger partial charge in [-0.15, -0.1) is 0 Å². The lowest BCUT2D eigenvalue weighted by Crippen LogP contribution is -2.52. The molecule has 5 heteroatoms. The summed E-state index contributed by atoms with van der Waals surface area (Å²) in [5.74, 6) is 0. The molecule has 0 aliphatic heterocycles. The highest BCUT2D eigenvalue weighted by Gasteiger charge is 2.32. The van der Waals surface area contributed by atoms with E-state index in [4.69, 9.17) is 0 Å². The largest absolute Gasteiger partial charge is 0.416 e. The molecule has 0 atom stereocenters. The van der Waals surface area contributed by atoms with Gasteiger partial charge in [-0.2, -0.15) is 13.2 Å². The maximum absolute atomic E-state index is 12.7. The van der Waals surface area contributed by atoms with E-state index in [9.17, 15) is 13.2 Å². The van der Waals surface area contributed by atoms with Crippen molar-refractivity contribution in [2.24, 2.45) is 0 Å². The molecule has 118 valence electrons. The Morgan fingerprint density at radius 1 is 0.864 bits per heavy atom. The van der Waals surface area contributed by atoms with Crippen molar-refractivity contribution in [3.63, 3.8) is 0 Å². The summed E-state index contributed by atoms with van der Waals surface area (Å²) in [6.07, 6.45) is -4.28. The molecule has 0 fully saturated rings. The van der Waals surface area contributed by atoms with Crippen molar-refractivity contribution in [2.45, 2.75) is 19.3 Å². The Kier molecular flexibility index (Phi) is 4.38. The highest BCUT2D eigenvalue weighted by atomic mass is 28.3. The van der Waals surface area contributed by atoms with Crippen molar-refractivity contribution in [1.29, 1.82) is 0 Å². The SMILES string of the molecule is CN(C)c1cccc([Si](C)(C)c2ccc(C(F)(F)F)cc2)c1. The first kappa shape index (κ1) is 16.6. The first-order chi connectivity index (χ1) is 10.1. The molecule has 0 unspecified atom stereocenters. The summed E-state index contributed by atoms with van der Waals surface area (Å²) in [6.45, 7) is 4.31. The molecule has 0 N–H and O–H groups in total. The van der Waals surface area contributed by atoms with Gasteiger partial charge in [-0.3, -0.25) is 0 Å². The first-order valence-corrected chi connectivity index (χ1v) is 10.1. The Labute approximate surface area is 130 Å². The third kappa shape index (κ3) is 3.35. The van der Waals surface area contributed by atoms with Gasteiger partial charge in [0.05, 0.1) is 5.56 Å². The predicted octanol–water partition coefficient (Wildman–Crippen LogP) is 3.59. The summed E-state index contributed by atoms with van der Waals surface area (Å²) in [7, 11) is 1.95. The molecule has 0 bridgehead atoms. The zero-order chi connectivity index (χ0) is 16.5. The van der Waals surface area contributed by atoms with Crippen molar-refractivity contribution in [2.75, 3.05) is 19.0 Å². The van der Waals surface area contributed by atoms with Crippen LogP contribution in [0.15, 0.2) is 48.5 Å². The van der Waals surface area contributed by atoms with Crippen LogP contribution in [0.2, 0.25) is 13.1 Å². The van der Waals surface area contributed by atoms with Crippen LogP contribution in [0.1, 0.15) is 5.56 Å². The third-order valence-electron chi connectivity index (χ3n) is 4.02. The van der Waals surface area contributed by atoms with E-state index in [0.717, 1.165) is 10.9 Å². The topological polar surface area (TPSA) is 3.24 Å². The van der Waals surface area contributed by atoms with Gasteiger partial charge in [-0.05, 0) is 12.1 Å². The second-order valence-corrected chi connectivity index (χ2v) is 10.5. The molecule has 2 rings (SSSR count). The van der Waals surface area contributed by atoms with E-state index in [1.807, 2.05) is 31.1 Å². The summed E-state index contributed by atoms with van der Waals surface area (Å²) >= 11 is 0. The Hall–Kier alpha value is -1.75. The quantitative estimate of drug-likeness (QED) is 0.780. The minimum atomic E-state index is -4.28. The number of hydrogen-bond acceptors (Lipinski definition) is 1. The van der Waals surface area contributed by atoms with Gasteiger partial charge in [0.15, 0.2) is 0 Å². The fourth-order valence-electron chi connectivity index (χ4n) is 2.42. The van der Waals surface area contributed by atoms with Gasteiger partial charge in [0.1, 0.15) is 8.07 Å². The lowest BCUT2D eigenvalue weighted by atomic mass is 10.2. The first-order valence-electron chi connectivity index (χ1n) is 7.08. The average molecular weight is 323 g/mol. The van der Waals surface area contributed by atoms with E-state index in [1.165, 1.54) is 17.3 Å². The summed E-state index contributed by atoms with van der Waals surface area (Å²) in [5, 5.41) is 2.20. The van der Waals surface area contributed by atoms with Crippen LogP contribution >= 0.6 is 0 Å². The number of hydrogen-bond donors (Lipinski definition) is 0. The Morgan fingerprint density at radius 3 is 1.95 bits per heavy atom. The normalized spacial score (nSPS) is 12.3. The molecule has 2 aromatic carbocycles. The highest BCUT2D eigenvalue weighted by Crippen LogP contribution is 2.28. The third-order valence-corrected chi connectivity index (χ3v) is 7.55. The van der Waals surface area contributed by atoms with Gasteiger partial charge < -0.3 is 4.90 Å². The molecule has 22 heavy (non-hydrogen) atoms. The maximum Gasteiger partial charge on any atom is 0.416 e. The molecule has 2 aromatic rings. The fraction of sp³-hybridized carbons (Fsp3) is 0.294. The van der Waals surface area contributed by atoms with E-state index in [1.54, 1.807) is 12.1 Å². The van der Waals surface area contributed by atoms with Crippen LogP contribution in [-0.4, -0.2) is 22.2 Å². The number of nitrogens with zero attached hydrogens (tertiary/aromatic N) is 1. The van der Waals surface area contributed by atoms with E-state index in [0.29, 0.717) is 0 Å².